The average Bonchev–Trinajstić information content (AvgIpc) is 2.96. The zero-order chi connectivity index (χ0) is 20.1. The van der Waals surface area contributed by atoms with Crippen LogP contribution in [0, 0.1) is 5.92 Å². The molecule has 1 unspecified atom stereocenters. The molecule has 1 amide bonds. The van der Waals surface area contributed by atoms with Crippen molar-refractivity contribution < 1.29 is 14.7 Å². The predicted molar refractivity (Wildman–Crippen MR) is 108 cm³/mol. The van der Waals surface area contributed by atoms with Crippen molar-refractivity contribution in [2.24, 2.45) is 11.0 Å². The molecule has 1 aliphatic carbocycles. The number of thiazole rings is 1. The van der Waals surface area contributed by atoms with Gasteiger partial charge in [0.1, 0.15) is 5.15 Å². The van der Waals surface area contributed by atoms with Crippen molar-refractivity contribution in [3.8, 4) is 0 Å². The van der Waals surface area contributed by atoms with E-state index < -0.39 is 5.97 Å². The molecule has 28 heavy (non-hydrogen) atoms. The summed E-state index contributed by atoms with van der Waals surface area (Å²) in [4.78, 5) is 35.5. The number of carbonyl (C=O) groups excluding carboxylic acids is 1. The average molecular weight is 420 g/mol. The Balaban J connectivity index is 1.70. The second kappa shape index (κ2) is 8.99. The first kappa shape index (κ1) is 20.0. The van der Waals surface area contributed by atoms with E-state index in [9.17, 15) is 14.4 Å². The molecule has 2 N–H and O–H groups in total. The van der Waals surface area contributed by atoms with Gasteiger partial charge in [0, 0.05) is 5.92 Å². The molecular formula is C19H18ClN3O4S. The molecule has 0 bridgehead atoms. The second-order valence-corrected chi connectivity index (χ2v) is 7.68. The number of hydrogen-bond acceptors (Lipinski definition) is 5. The van der Waals surface area contributed by atoms with Crippen LogP contribution in [0.2, 0.25) is 5.15 Å². The first-order valence-corrected chi connectivity index (χ1v) is 9.84. The maximum Gasteiger partial charge on any atom is 0.335 e. The lowest BCUT2D eigenvalue weighted by atomic mass is 9.94. The highest BCUT2D eigenvalue weighted by molar-refractivity contribution is 7.11. The van der Waals surface area contributed by atoms with Crippen molar-refractivity contribution in [1.82, 2.24) is 9.99 Å². The molecule has 9 heteroatoms. The highest BCUT2D eigenvalue weighted by Crippen LogP contribution is 2.20. The summed E-state index contributed by atoms with van der Waals surface area (Å²) < 4.78 is 1.34. The van der Waals surface area contributed by atoms with Gasteiger partial charge in [0.2, 0.25) is 5.91 Å². The van der Waals surface area contributed by atoms with E-state index in [1.54, 1.807) is 12.1 Å². The third kappa shape index (κ3) is 4.76. The van der Waals surface area contributed by atoms with Crippen LogP contribution in [0.5, 0.6) is 0 Å². The van der Waals surface area contributed by atoms with Crippen molar-refractivity contribution in [1.29, 1.82) is 0 Å². The van der Waals surface area contributed by atoms with E-state index in [1.807, 2.05) is 6.08 Å². The molecule has 0 spiro atoms. The lowest BCUT2D eigenvalue weighted by Crippen LogP contribution is -2.27. The summed E-state index contributed by atoms with van der Waals surface area (Å²) in [7, 11) is 0. The molecule has 3 rings (SSSR count). The molecule has 0 saturated heterocycles. The van der Waals surface area contributed by atoms with Gasteiger partial charge in [-0.2, -0.15) is 5.10 Å². The van der Waals surface area contributed by atoms with Crippen LogP contribution in [0.25, 0.3) is 0 Å². The monoisotopic (exact) mass is 419 g/mol. The summed E-state index contributed by atoms with van der Waals surface area (Å²) in [6.45, 7) is 0.143. The number of carboxylic acid groups (broad SMARTS) is 1. The fraction of sp³-hybridized carbons (Fsp3) is 0.263. The van der Waals surface area contributed by atoms with Gasteiger partial charge in [-0.15, -0.1) is 0 Å². The molecule has 1 aromatic heterocycles. The number of hydrazone groups is 1. The normalized spacial score (nSPS) is 16.4. The van der Waals surface area contributed by atoms with Gasteiger partial charge < -0.3 is 5.11 Å². The van der Waals surface area contributed by atoms with Gasteiger partial charge in [0.15, 0.2) is 0 Å². The Labute approximate surface area is 170 Å². The van der Waals surface area contributed by atoms with E-state index in [0.717, 1.165) is 24.2 Å². The molecule has 1 aromatic carbocycles. The van der Waals surface area contributed by atoms with Gasteiger partial charge in [0.05, 0.1) is 23.2 Å². The van der Waals surface area contributed by atoms with Gasteiger partial charge in [-0.05, 0) is 37.0 Å². The second-order valence-electron chi connectivity index (χ2n) is 6.33. The lowest BCUT2D eigenvalue weighted by Gasteiger charge is -2.14. The Hall–Kier alpha value is -2.71. The number of hydrogen-bond donors (Lipinski definition) is 2. The first-order chi connectivity index (χ1) is 13.5. The zero-order valence-corrected chi connectivity index (χ0v) is 16.4. The molecule has 2 aromatic rings. The largest absolute Gasteiger partial charge is 0.478 e. The minimum absolute atomic E-state index is 0.0949. The molecule has 146 valence electrons. The Kier molecular flexibility index (Phi) is 6.43. The van der Waals surface area contributed by atoms with Crippen LogP contribution in [0.1, 0.15) is 40.1 Å². The summed E-state index contributed by atoms with van der Waals surface area (Å²) in [6.07, 6.45) is 7.76. The van der Waals surface area contributed by atoms with Crippen LogP contribution in [-0.2, 0) is 11.3 Å². The van der Waals surface area contributed by atoms with Gasteiger partial charge >= 0.3 is 10.8 Å². The highest BCUT2D eigenvalue weighted by atomic mass is 35.5. The standard InChI is InChI=1S/C19H18ClN3O4S/c20-16-15(10-21-22-17(24)13-6-2-1-3-7-13)28-19(27)23(16)11-12-5-4-8-14(9-12)18(25)26/h1-2,4-5,8-10,13H,3,6-7,11H2,(H,22,24)(H,25,26). The quantitative estimate of drug-likeness (QED) is 0.426. The number of amides is 1. The predicted octanol–water partition coefficient (Wildman–Crippen LogP) is 3.12. The fourth-order valence-corrected chi connectivity index (χ4v) is 3.99. The Morgan fingerprint density at radius 1 is 1.39 bits per heavy atom. The third-order valence-electron chi connectivity index (χ3n) is 4.37. The van der Waals surface area contributed by atoms with Crippen LogP contribution in [0.4, 0.5) is 0 Å². The summed E-state index contributed by atoms with van der Waals surface area (Å²) in [5.74, 6) is -1.29. The number of halogens is 1. The number of benzene rings is 1. The first-order valence-electron chi connectivity index (χ1n) is 8.65. The number of nitrogens with one attached hydrogen (secondary N) is 1. The molecule has 1 heterocycles. The van der Waals surface area contributed by atoms with Crippen molar-refractivity contribution in [2.75, 3.05) is 0 Å². The van der Waals surface area contributed by atoms with Crippen molar-refractivity contribution >= 4 is 41.0 Å². The van der Waals surface area contributed by atoms with Crippen LogP contribution < -0.4 is 10.3 Å². The number of aromatic nitrogens is 1. The number of aromatic carboxylic acids is 1. The van der Waals surface area contributed by atoms with Crippen molar-refractivity contribution in [2.45, 2.75) is 25.8 Å². The summed E-state index contributed by atoms with van der Waals surface area (Å²) in [5, 5.41) is 13.2. The number of carboxylic acids is 1. The Morgan fingerprint density at radius 3 is 2.93 bits per heavy atom. The van der Waals surface area contributed by atoms with Crippen LogP contribution in [-0.4, -0.2) is 27.8 Å². The molecular weight excluding hydrogens is 402 g/mol. The summed E-state index contributed by atoms with van der Waals surface area (Å²) in [6, 6.07) is 6.31. The maximum absolute atomic E-state index is 12.3. The van der Waals surface area contributed by atoms with Gasteiger partial charge in [-0.1, -0.05) is 47.2 Å². The molecule has 1 aliphatic rings. The number of nitrogens with zero attached hydrogens (tertiary/aromatic N) is 2. The van der Waals surface area contributed by atoms with Crippen LogP contribution in [0.3, 0.4) is 0 Å². The van der Waals surface area contributed by atoms with E-state index >= 15 is 0 Å². The molecule has 1 atom stereocenters. The van der Waals surface area contributed by atoms with Gasteiger partial charge in [-0.25, -0.2) is 10.2 Å². The SMILES string of the molecule is O=C(O)c1cccc(Cn2c(Cl)c(C=NNC(=O)C3CC=CCC3)sc2=O)c1. The van der Waals surface area contributed by atoms with Crippen LogP contribution in [0.15, 0.2) is 46.3 Å². The molecule has 0 aliphatic heterocycles. The van der Waals surface area contributed by atoms with E-state index in [2.05, 4.69) is 16.6 Å². The maximum atomic E-state index is 12.3. The minimum atomic E-state index is -1.04. The molecule has 0 fully saturated rings. The number of carbonyl (C=O) groups is 2. The van der Waals surface area contributed by atoms with Gasteiger partial charge in [0.25, 0.3) is 0 Å². The number of allylic oxidation sites excluding steroid dienone is 2. The smallest absolute Gasteiger partial charge is 0.335 e. The van der Waals surface area contributed by atoms with E-state index in [-0.39, 0.29) is 34.0 Å². The van der Waals surface area contributed by atoms with E-state index in [0.29, 0.717) is 16.9 Å². The summed E-state index contributed by atoms with van der Waals surface area (Å²) in [5.41, 5.74) is 3.27. The van der Waals surface area contributed by atoms with E-state index in [1.165, 1.54) is 22.9 Å². The number of rotatable bonds is 6. The van der Waals surface area contributed by atoms with E-state index in [4.69, 9.17) is 16.7 Å². The Bertz CT molecular complexity index is 1010. The molecule has 0 saturated carbocycles. The highest BCUT2D eigenvalue weighted by Gasteiger charge is 2.18. The van der Waals surface area contributed by atoms with Crippen LogP contribution >= 0.6 is 22.9 Å². The Morgan fingerprint density at radius 2 is 2.21 bits per heavy atom. The van der Waals surface area contributed by atoms with Crippen molar-refractivity contribution in [3.05, 3.63) is 67.2 Å². The lowest BCUT2D eigenvalue weighted by molar-refractivity contribution is -0.125. The topological polar surface area (TPSA) is 101 Å². The van der Waals surface area contributed by atoms with Crippen molar-refractivity contribution in [3.63, 3.8) is 0 Å². The third-order valence-corrected chi connectivity index (χ3v) is 5.80. The van der Waals surface area contributed by atoms with Gasteiger partial charge in [-0.3, -0.25) is 14.2 Å². The molecule has 7 nitrogen and oxygen atoms in total. The molecule has 0 radical (unpaired) electrons. The minimum Gasteiger partial charge on any atom is -0.478 e. The zero-order valence-electron chi connectivity index (χ0n) is 14.8. The summed E-state index contributed by atoms with van der Waals surface area (Å²) >= 11 is 7.20. The fourth-order valence-electron chi connectivity index (χ4n) is 2.88.